The van der Waals surface area contributed by atoms with Crippen molar-refractivity contribution < 1.29 is 18.7 Å². The Bertz CT molecular complexity index is 830. The van der Waals surface area contributed by atoms with Gasteiger partial charge >= 0.3 is 5.97 Å². The fourth-order valence-corrected chi connectivity index (χ4v) is 3.79. The van der Waals surface area contributed by atoms with Crippen LogP contribution in [0.5, 0.6) is 0 Å². The number of ether oxygens (including phenoxy) is 1. The summed E-state index contributed by atoms with van der Waals surface area (Å²) >= 11 is 1.34. The van der Waals surface area contributed by atoms with Gasteiger partial charge in [0.15, 0.2) is 0 Å². The highest BCUT2D eigenvalue weighted by atomic mass is 32.1. The third kappa shape index (κ3) is 4.22. The Labute approximate surface area is 155 Å². The molecule has 1 heterocycles. The minimum atomic E-state index is -0.395. The highest BCUT2D eigenvalue weighted by Gasteiger charge is 2.32. The van der Waals surface area contributed by atoms with Crippen LogP contribution in [0.4, 0.5) is 15.1 Å². The zero-order chi connectivity index (χ0) is 18.7. The van der Waals surface area contributed by atoms with E-state index in [1.54, 1.807) is 19.9 Å². The molecule has 1 amide bonds. The number of nitrogens with one attached hydrogen (secondary N) is 2. The fraction of sp³-hybridized carbons (Fsp3) is 0.368. The molecule has 0 saturated heterocycles. The van der Waals surface area contributed by atoms with Gasteiger partial charge in [-0.05, 0) is 67.3 Å². The molecule has 1 aliphatic rings. The summed E-state index contributed by atoms with van der Waals surface area (Å²) in [5.41, 5.74) is 2.85. The van der Waals surface area contributed by atoms with E-state index in [2.05, 4.69) is 10.6 Å². The number of hydrogen-bond acceptors (Lipinski definition) is 5. The molecule has 26 heavy (non-hydrogen) atoms. The second kappa shape index (κ2) is 7.86. The molecule has 0 radical (unpaired) electrons. The molecule has 1 aromatic carbocycles. The van der Waals surface area contributed by atoms with Crippen molar-refractivity contribution in [3.8, 4) is 0 Å². The van der Waals surface area contributed by atoms with Crippen molar-refractivity contribution in [2.24, 2.45) is 0 Å². The molecule has 0 aliphatic heterocycles. The van der Waals surface area contributed by atoms with Gasteiger partial charge in [-0.3, -0.25) is 4.79 Å². The van der Waals surface area contributed by atoms with E-state index in [0.29, 0.717) is 22.2 Å². The van der Waals surface area contributed by atoms with E-state index in [1.807, 2.05) is 5.38 Å². The molecule has 1 fully saturated rings. The van der Waals surface area contributed by atoms with Crippen molar-refractivity contribution in [2.45, 2.75) is 32.6 Å². The molecule has 138 valence electrons. The summed E-state index contributed by atoms with van der Waals surface area (Å²) in [5, 5.41) is 8.23. The molecule has 1 aromatic heterocycles. The minimum absolute atomic E-state index is 0.0192. The van der Waals surface area contributed by atoms with Crippen LogP contribution in [0.2, 0.25) is 0 Å². The van der Waals surface area contributed by atoms with Crippen LogP contribution in [-0.2, 0) is 9.53 Å². The number of esters is 1. The fourth-order valence-electron chi connectivity index (χ4n) is 2.74. The first kappa shape index (κ1) is 18.4. The highest BCUT2D eigenvalue weighted by molar-refractivity contribution is 7.15. The quantitative estimate of drug-likeness (QED) is 0.707. The number of benzene rings is 1. The van der Waals surface area contributed by atoms with Gasteiger partial charge in [0, 0.05) is 5.69 Å². The van der Waals surface area contributed by atoms with Crippen molar-refractivity contribution in [1.82, 2.24) is 0 Å². The van der Waals surface area contributed by atoms with Gasteiger partial charge in [0.2, 0.25) is 5.91 Å². The Morgan fingerprint density at radius 2 is 2.12 bits per heavy atom. The van der Waals surface area contributed by atoms with Gasteiger partial charge in [0.25, 0.3) is 0 Å². The van der Waals surface area contributed by atoms with Crippen LogP contribution in [0, 0.1) is 12.7 Å². The van der Waals surface area contributed by atoms with E-state index in [9.17, 15) is 14.0 Å². The number of halogens is 1. The SMILES string of the molecule is CCOC(=O)c1c(C2CC2)csc1NC(=O)CNc1ccc(F)cc1C. The second-order valence-electron chi connectivity index (χ2n) is 6.25. The Kier molecular flexibility index (Phi) is 5.56. The largest absolute Gasteiger partial charge is 0.462 e. The van der Waals surface area contributed by atoms with E-state index in [4.69, 9.17) is 4.74 Å². The highest BCUT2D eigenvalue weighted by Crippen LogP contribution is 2.46. The average Bonchev–Trinajstić information content (AvgIpc) is 3.35. The summed E-state index contributed by atoms with van der Waals surface area (Å²) < 4.78 is 18.3. The van der Waals surface area contributed by atoms with E-state index in [0.717, 1.165) is 24.0 Å². The number of carbonyl (C=O) groups is 2. The van der Waals surface area contributed by atoms with Crippen LogP contribution in [0.3, 0.4) is 0 Å². The first-order valence-electron chi connectivity index (χ1n) is 8.58. The maximum Gasteiger partial charge on any atom is 0.341 e. The number of thiophene rings is 1. The molecular weight excluding hydrogens is 355 g/mol. The summed E-state index contributed by atoms with van der Waals surface area (Å²) in [5.74, 6) is -0.601. The predicted molar refractivity (Wildman–Crippen MR) is 101 cm³/mol. The molecule has 5 nitrogen and oxygen atoms in total. The third-order valence-electron chi connectivity index (χ3n) is 4.20. The van der Waals surface area contributed by atoms with Crippen LogP contribution in [0.25, 0.3) is 0 Å². The molecule has 7 heteroatoms. The van der Waals surface area contributed by atoms with E-state index < -0.39 is 5.97 Å². The molecule has 0 spiro atoms. The molecular formula is C19H21FN2O3S. The molecule has 1 aliphatic carbocycles. The monoisotopic (exact) mass is 376 g/mol. The van der Waals surface area contributed by atoms with Gasteiger partial charge in [-0.1, -0.05) is 0 Å². The number of amides is 1. The standard InChI is InChI=1S/C19H21FN2O3S/c1-3-25-19(24)17-14(12-4-5-12)10-26-18(17)22-16(23)9-21-15-7-6-13(20)8-11(15)2/h6-8,10,12,21H,3-5,9H2,1-2H3,(H,22,23). The van der Waals surface area contributed by atoms with Crippen LogP contribution < -0.4 is 10.6 Å². The lowest BCUT2D eigenvalue weighted by Crippen LogP contribution is -2.23. The van der Waals surface area contributed by atoms with E-state index in [-0.39, 0.29) is 24.9 Å². The smallest absolute Gasteiger partial charge is 0.341 e. The topological polar surface area (TPSA) is 67.4 Å². The van der Waals surface area contributed by atoms with Gasteiger partial charge in [-0.2, -0.15) is 0 Å². The normalized spacial score (nSPS) is 13.3. The number of carbonyl (C=O) groups excluding carboxylic acids is 2. The predicted octanol–water partition coefficient (Wildman–Crippen LogP) is 4.30. The van der Waals surface area contributed by atoms with Gasteiger partial charge in [-0.25, -0.2) is 9.18 Å². The number of aryl methyl sites for hydroxylation is 1. The van der Waals surface area contributed by atoms with Crippen molar-refractivity contribution in [3.63, 3.8) is 0 Å². The number of anilines is 2. The van der Waals surface area contributed by atoms with Gasteiger partial charge in [0.05, 0.1) is 18.7 Å². The Morgan fingerprint density at radius 3 is 2.77 bits per heavy atom. The van der Waals surface area contributed by atoms with Crippen LogP contribution in [0.1, 0.15) is 47.2 Å². The van der Waals surface area contributed by atoms with Gasteiger partial charge < -0.3 is 15.4 Å². The van der Waals surface area contributed by atoms with Gasteiger partial charge in [0.1, 0.15) is 10.8 Å². The summed E-state index contributed by atoms with van der Waals surface area (Å²) in [4.78, 5) is 24.6. The molecule has 2 N–H and O–H groups in total. The van der Waals surface area contributed by atoms with Gasteiger partial charge in [-0.15, -0.1) is 11.3 Å². The summed E-state index contributed by atoms with van der Waals surface area (Å²) in [7, 11) is 0. The Balaban J connectivity index is 1.68. The number of rotatable bonds is 7. The maximum absolute atomic E-state index is 13.1. The van der Waals surface area contributed by atoms with Crippen LogP contribution in [0.15, 0.2) is 23.6 Å². The molecule has 0 atom stereocenters. The Morgan fingerprint density at radius 1 is 1.35 bits per heavy atom. The lowest BCUT2D eigenvalue weighted by Gasteiger charge is -2.11. The molecule has 2 aromatic rings. The third-order valence-corrected chi connectivity index (χ3v) is 5.11. The zero-order valence-electron chi connectivity index (χ0n) is 14.7. The Hall–Kier alpha value is -2.41. The summed E-state index contributed by atoms with van der Waals surface area (Å²) in [6.45, 7) is 3.83. The first-order valence-corrected chi connectivity index (χ1v) is 9.46. The molecule has 3 rings (SSSR count). The van der Waals surface area contributed by atoms with Crippen molar-refractivity contribution in [3.05, 3.63) is 46.1 Å². The second-order valence-corrected chi connectivity index (χ2v) is 7.13. The summed E-state index contributed by atoms with van der Waals surface area (Å²) in [6.07, 6.45) is 2.11. The van der Waals surface area contributed by atoms with Crippen molar-refractivity contribution >= 4 is 33.9 Å². The van der Waals surface area contributed by atoms with Crippen LogP contribution in [-0.4, -0.2) is 25.0 Å². The lowest BCUT2D eigenvalue weighted by molar-refractivity contribution is -0.114. The van der Waals surface area contributed by atoms with E-state index >= 15 is 0 Å². The molecule has 0 bridgehead atoms. The molecule has 0 unspecified atom stereocenters. The van der Waals surface area contributed by atoms with Crippen molar-refractivity contribution in [1.29, 1.82) is 0 Å². The average molecular weight is 376 g/mol. The zero-order valence-corrected chi connectivity index (χ0v) is 15.5. The molecule has 1 saturated carbocycles. The lowest BCUT2D eigenvalue weighted by atomic mass is 10.1. The first-order chi connectivity index (χ1) is 12.5. The van der Waals surface area contributed by atoms with Crippen molar-refractivity contribution in [2.75, 3.05) is 23.8 Å². The maximum atomic E-state index is 13.1. The number of hydrogen-bond donors (Lipinski definition) is 2. The van der Waals surface area contributed by atoms with E-state index in [1.165, 1.54) is 23.5 Å². The van der Waals surface area contributed by atoms with Crippen LogP contribution >= 0.6 is 11.3 Å². The summed E-state index contributed by atoms with van der Waals surface area (Å²) in [6, 6.07) is 4.34. The minimum Gasteiger partial charge on any atom is -0.462 e.